The molecule has 0 saturated heterocycles. The van der Waals surface area contributed by atoms with Gasteiger partial charge in [0.05, 0.1) is 6.04 Å². The summed E-state index contributed by atoms with van der Waals surface area (Å²) in [5.41, 5.74) is 8.45. The summed E-state index contributed by atoms with van der Waals surface area (Å²) in [4.78, 5) is 0. The molecule has 2 nitrogen and oxygen atoms in total. The molecule has 0 aliphatic carbocycles. The van der Waals surface area contributed by atoms with Crippen molar-refractivity contribution in [3.63, 3.8) is 0 Å². The van der Waals surface area contributed by atoms with Crippen molar-refractivity contribution in [2.24, 2.45) is 5.73 Å². The van der Waals surface area contributed by atoms with E-state index in [0.29, 0.717) is 0 Å². The van der Waals surface area contributed by atoms with Crippen LogP contribution in [-0.2, 0) is 4.74 Å². The summed E-state index contributed by atoms with van der Waals surface area (Å²) in [6, 6.07) is 19.9. The zero-order valence-electron chi connectivity index (χ0n) is 9.91. The van der Waals surface area contributed by atoms with Gasteiger partial charge in [0.2, 0.25) is 0 Å². The molecule has 2 aromatic carbocycles. The first-order valence-corrected chi connectivity index (χ1v) is 5.71. The third kappa shape index (κ3) is 2.73. The minimum absolute atomic E-state index is 0.112. The molecule has 2 aromatic rings. The molecule has 2 heteroatoms. The van der Waals surface area contributed by atoms with Crippen LogP contribution in [0.4, 0.5) is 0 Å². The minimum Gasteiger partial charge on any atom is -0.375 e. The highest BCUT2D eigenvalue weighted by atomic mass is 16.5. The Morgan fingerprint density at radius 1 is 0.824 bits per heavy atom. The van der Waals surface area contributed by atoms with Crippen LogP contribution < -0.4 is 5.73 Å². The average Bonchev–Trinajstić information content (AvgIpc) is 2.42. The number of hydrogen-bond donors (Lipinski definition) is 1. The van der Waals surface area contributed by atoms with Gasteiger partial charge in [-0.1, -0.05) is 60.7 Å². The van der Waals surface area contributed by atoms with Crippen LogP contribution in [0, 0.1) is 0 Å². The number of hydrogen-bond acceptors (Lipinski definition) is 2. The molecule has 0 bridgehead atoms. The highest BCUT2D eigenvalue weighted by Crippen LogP contribution is 2.29. The molecule has 0 radical (unpaired) electrons. The van der Waals surface area contributed by atoms with Gasteiger partial charge in [-0.05, 0) is 11.1 Å². The molecule has 0 unspecified atom stereocenters. The molecule has 0 fully saturated rings. The van der Waals surface area contributed by atoms with Crippen molar-refractivity contribution in [2.45, 2.75) is 12.1 Å². The lowest BCUT2D eigenvalue weighted by atomic mass is 9.96. The third-order valence-corrected chi connectivity index (χ3v) is 2.89. The van der Waals surface area contributed by atoms with Gasteiger partial charge in [0.15, 0.2) is 0 Å². The Hall–Kier alpha value is -1.64. The van der Waals surface area contributed by atoms with Crippen molar-refractivity contribution in [2.75, 3.05) is 7.11 Å². The van der Waals surface area contributed by atoms with Crippen LogP contribution in [0.5, 0.6) is 0 Å². The zero-order chi connectivity index (χ0) is 12.1. The Balaban J connectivity index is 2.25. The van der Waals surface area contributed by atoms with Crippen molar-refractivity contribution < 1.29 is 4.74 Å². The van der Waals surface area contributed by atoms with E-state index in [-0.39, 0.29) is 12.1 Å². The van der Waals surface area contributed by atoms with E-state index < -0.39 is 0 Å². The summed E-state index contributed by atoms with van der Waals surface area (Å²) >= 11 is 0. The molecule has 2 rings (SSSR count). The van der Waals surface area contributed by atoms with Crippen LogP contribution in [0.3, 0.4) is 0 Å². The van der Waals surface area contributed by atoms with E-state index in [1.54, 1.807) is 7.11 Å². The van der Waals surface area contributed by atoms with Crippen LogP contribution in [0.2, 0.25) is 0 Å². The predicted octanol–water partition coefficient (Wildman–Crippen LogP) is 3.07. The highest BCUT2D eigenvalue weighted by molar-refractivity contribution is 5.25. The molecule has 0 heterocycles. The van der Waals surface area contributed by atoms with E-state index in [1.807, 2.05) is 60.7 Å². The molecule has 2 N–H and O–H groups in total. The molecule has 17 heavy (non-hydrogen) atoms. The zero-order valence-corrected chi connectivity index (χ0v) is 9.91. The smallest absolute Gasteiger partial charge is 0.101 e. The standard InChI is InChI=1S/C15H17NO/c1-17-15(13-10-6-3-7-11-13)14(16)12-8-4-2-5-9-12/h2-11,14-15H,16H2,1H3/t14-,15+/m0/s1. The molecule has 0 aliphatic heterocycles. The molecule has 0 aliphatic rings. The van der Waals surface area contributed by atoms with Gasteiger partial charge < -0.3 is 10.5 Å². The predicted molar refractivity (Wildman–Crippen MR) is 69.6 cm³/mol. The largest absolute Gasteiger partial charge is 0.375 e. The minimum atomic E-state index is -0.149. The first kappa shape index (κ1) is 11.8. The van der Waals surface area contributed by atoms with E-state index in [2.05, 4.69) is 0 Å². The fourth-order valence-corrected chi connectivity index (χ4v) is 1.98. The number of ether oxygens (including phenoxy) is 1. The summed E-state index contributed by atoms with van der Waals surface area (Å²) in [5.74, 6) is 0. The summed E-state index contributed by atoms with van der Waals surface area (Å²) in [5, 5.41) is 0. The lowest BCUT2D eigenvalue weighted by molar-refractivity contribution is 0.0802. The number of rotatable bonds is 4. The molecule has 88 valence electrons. The van der Waals surface area contributed by atoms with Crippen LogP contribution in [0.25, 0.3) is 0 Å². The van der Waals surface area contributed by atoms with Crippen LogP contribution >= 0.6 is 0 Å². The highest BCUT2D eigenvalue weighted by Gasteiger charge is 2.20. The maximum absolute atomic E-state index is 6.26. The fraction of sp³-hybridized carbons (Fsp3) is 0.200. The second kappa shape index (κ2) is 5.62. The molecular formula is C15H17NO. The maximum atomic E-state index is 6.26. The monoisotopic (exact) mass is 227 g/mol. The van der Waals surface area contributed by atoms with Crippen molar-refractivity contribution in [1.29, 1.82) is 0 Å². The number of nitrogens with two attached hydrogens (primary N) is 1. The van der Waals surface area contributed by atoms with Gasteiger partial charge in [0, 0.05) is 7.11 Å². The normalized spacial score (nSPS) is 14.2. The number of methoxy groups -OCH3 is 1. The Labute approximate surface area is 102 Å². The Bertz CT molecular complexity index is 441. The van der Waals surface area contributed by atoms with Crippen LogP contribution in [0.1, 0.15) is 23.3 Å². The van der Waals surface area contributed by atoms with Gasteiger partial charge in [0.1, 0.15) is 6.10 Å². The van der Waals surface area contributed by atoms with Crippen LogP contribution in [-0.4, -0.2) is 7.11 Å². The number of benzene rings is 2. The van der Waals surface area contributed by atoms with Crippen molar-refractivity contribution in [3.8, 4) is 0 Å². The van der Waals surface area contributed by atoms with E-state index in [4.69, 9.17) is 10.5 Å². The molecule has 0 spiro atoms. The van der Waals surface area contributed by atoms with Gasteiger partial charge in [-0.25, -0.2) is 0 Å². The van der Waals surface area contributed by atoms with E-state index >= 15 is 0 Å². The summed E-state index contributed by atoms with van der Waals surface area (Å²) in [6.45, 7) is 0. The summed E-state index contributed by atoms with van der Waals surface area (Å²) in [7, 11) is 1.69. The second-order valence-electron chi connectivity index (χ2n) is 4.00. The molecular weight excluding hydrogens is 210 g/mol. The SMILES string of the molecule is CO[C@H](c1ccccc1)[C@@H](N)c1ccccc1. The lowest BCUT2D eigenvalue weighted by Gasteiger charge is -2.23. The van der Waals surface area contributed by atoms with Gasteiger partial charge >= 0.3 is 0 Å². The third-order valence-electron chi connectivity index (χ3n) is 2.89. The molecule has 2 atom stereocenters. The van der Waals surface area contributed by atoms with Gasteiger partial charge in [-0.3, -0.25) is 0 Å². The van der Waals surface area contributed by atoms with Gasteiger partial charge in [0.25, 0.3) is 0 Å². The van der Waals surface area contributed by atoms with Crippen molar-refractivity contribution >= 4 is 0 Å². The van der Waals surface area contributed by atoms with Gasteiger partial charge in [-0.2, -0.15) is 0 Å². The van der Waals surface area contributed by atoms with E-state index in [0.717, 1.165) is 11.1 Å². The van der Waals surface area contributed by atoms with Crippen molar-refractivity contribution in [3.05, 3.63) is 71.8 Å². The van der Waals surface area contributed by atoms with Crippen molar-refractivity contribution in [1.82, 2.24) is 0 Å². The Morgan fingerprint density at radius 2 is 1.29 bits per heavy atom. The first-order valence-electron chi connectivity index (χ1n) is 5.71. The maximum Gasteiger partial charge on any atom is 0.101 e. The quantitative estimate of drug-likeness (QED) is 0.871. The topological polar surface area (TPSA) is 35.2 Å². The van der Waals surface area contributed by atoms with Crippen LogP contribution in [0.15, 0.2) is 60.7 Å². The second-order valence-corrected chi connectivity index (χ2v) is 4.00. The first-order chi connectivity index (χ1) is 8.33. The Morgan fingerprint density at radius 3 is 1.76 bits per heavy atom. The van der Waals surface area contributed by atoms with E-state index in [1.165, 1.54) is 0 Å². The molecule has 0 amide bonds. The lowest BCUT2D eigenvalue weighted by Crippen LogP contribution is -2.21. The Kier molecular flexibility index (Phi) is 3.91. The van der Waals surface area contributed by atoms with E-state index in [9.17, 15) is 0 Å². The summed E-state index contributed by atoms with van der Waals surface area (Å²) in [6.07, 6.45) is -0.112. The van der Waals surface area contributed by atoms with Gasteiger partial charge in [-0.15, -0.1) is 0 Å². The molecule has 0 aromatic heterocycles. The summed E-state index contributed by atoms with van der Waals surface area (Å²) < 4.78 is 5.53. The average molecular weight is 227 g/mol. The molecule has 0 saturated carbocycles. The fourth-order valence-electron chi connectivity index (χ4n) is 1.98.